The monoisotopic (exact) mass is 456 g/mol. The van der Waals surface area contributed by atoms with Gasteiger partial charge in [0.25, 0.3) is 0 Å². The van der Waals surface area contributed by atoms with Gasteiger partial charge in [0, 0.05) is 0 Å². The molecule has 0 radical (unpaired) electrons. The van der Waals surface area contributed by atoms with Crippen LogP contribution in [0.4, 0.5) is 0 Å². The molecule has 0 amide bonds. The van der Waals surface area contributed by atoms with E-state index < -0.39 is 39.1 Å². The van der Waals surface area contributed by atoms with Crippen molar-refractivity contribution in [3.8, 4) is 0 Å². The topological polar surface area (TPSA) is 0 Å². The minimum atomic E-state index is -1.20. The van der Waals surface area contributed by atoms with Gasteiger partial charge >= 0.3 is 133 Å². The van der Waals surface area contributed by atoms with E-state index in [1.807, 2.05) is 0 Å². The molecule has 0 aliphatic heterocycles. The SMILES string of the molecule is C[Si](C)(C)[C]1([Hf+2][C]2([Si](C)(C)C)C=CC=C2)C=CC=C1.[H-].[H-]. The average molecular weight is 455 g/mol. The first-order valence-corrected chi connectivity index (χ1v) is 17.7. The Kier molecular flexibility index (Phi) is 4.05. The summed E-state index contributed by atoms with van der Waals surface area (Å²) in [6, 6.07) is 0. The predicted octanol–water partition coefficient (Wildman–Crippen LogP) is 5.62. The largest absolute Gasteiger partial charge is 1.00 e. The van der Waals surface area contributed by atoms with Crippen molar-refractivity contribution in [2.24, 2.45) is 0 Å². The zero-order valence-electron chi connectivity index (χ0n) is 15.1. The fourth-order valence-electron chi connectivity index (χ4n) is 2.82. The Morgan fingerprint density at radius 1 is 0.632 bits per heavy atom. The van der Waals surface area contributed by atoms with Gasteiger partial charge in [-0.1, -0.05) is 0 Å². The molecule has 104 valence electrons. The molecule has 0 aromatic rings. The summed E-state index contributed by atoms with van der Waals surface area (Å²) in [5.41, 5.74) is 0. The Morgan fingerprint density at radius 2 is 0.895 bits per heavy atom. The van der Waals surface area contributed by atoms with Crippen LogP contribution in [0, 0.1) is 0 Å². The molecule has 0 spiro atoms. The van der Waals surface area contributed by atoms with Crippen LogP contribution in [0.15, 0.2) is 48.6 Å². The minimum absolute atomic E-state index is 0. The van der Waals surface area contributed by atoms with E-state index in [0.717, 1.165) is 0 Å². The third-order valence-corrected chi connectivity index (χ3v) is 33.8. The summed E-state index contributed by atoms with van der Waals surface area (Å²) in [4.78, 5) is 0. The molecule has 0 aromatic heterocycles. The Morgan fingerprint density at radius 3 is 1.11 bits per heavy atom. The molecule has 0 atom stereocenters. The fraction of sp³-hybridized carbons (Fsp3) is 0.500. The third kappa shape index (κ3) is 2.70. The van der Waals surface area contributed by atoms with Crippen molar-refractivity contribution in [2.45, 2.75) is 44.9 Å². The van der Waals surface area contributed by atoms with Crippen molar-refractivity contribution in [3.05, 3.63) is 48.6 Å². The summed E-state index contributed by atoms with van der Waals surface area (Å²) < 4.78 is 1.04. The maximum atomic E-state index is 2.57. The molecule has 0 N–H and O–H groups in total. The predicted molar refractivity (Wildman–Crippen MR) is 90.9 cm³/mol. The van der Waals surface area contributed by atoms with Crippen LogP contribution in [0.1, 0.15) is 2.85 Å². The van der Waals surface area contributed by atoms with Crippen LogP contribution >= 0.6 is 0 Å². The maximum Gasteiger partial charge on any atom is -1.00 e. The van der Waals surface area contributed by atoms with Gasteiger partial charge in [-0.3, -0.25) is 0 Å². The summed E-state index contributed by atoms with van der Waals surface area (Å²) in [6.45, 7) is 15.3. The van der Waals surface area contributed by atoms with Gasteiger partial charge in [0.05, 0.1) is 0 Å². The molecule has 0 heterocycles. The second kappa shape index (κ2) is 4.92. The summed E-state index contributed by atoms with van der Waals surface area (Å²) in [5.74, 6) is 0. The summed E-state index contributed by atoms with van der Waals surface area (Å²) >= 11 is -0.902. The number of hydrogen-bond acceptors (Lipinski definition) is 0. The Labute approximate surface area is 135 Å². The molecule has 0 saturated heterocycles. The van der Waals surface area contributed by atoms with Crippen molar-refractivity contribution in [2.75, 3.05) is 0 Å². The molecular weight excluding hydrogens is 427 g/mol. The number of hydrogen-bond donors (Lipinski definition) is 0. The van der Waals surface area contributed by atoms with Gasteiger partial charge in [0.1, 0.15) is 0 Å². The van der Waals surface area contributed by atoms with Crippen LogP contribution in [0.2, 0.25) is 44.9 Å². The normalized spacial score (nSPS) is 23.1. The standard InChI is InChI=1S/2C8H13Si.Hf.2H/c2*1-9(2,3)8-6-4-5-7-8;;;/h2*4-7H,1-3H3;;;/q;;+2;2*-1. The second-order valence-electron chi connectivity index (χ2n) is 7.80. The molecule has 2 aliphatic rings. The minimum Gasteiger partial charge on any atom is -1.00 e. The van der Waals surface area contributed by atoms with Crippen LogP contribution in [0.5, 0.6) is 0 Å². The number of rotatable bonds is 4. The van der Waals surface area contributed by atoms with Crippen molar-refractivity contribution in [1.29, 1.82) is 0 Å². The molecule has 0 fully saturated rings. The Bertz CT molecular complexity index is 411. The van der Waals surface area contributed by atoms with Gasteiger partial charge < -0.3 is 2.85 Å². The first-order valence-electron chi connectivity index (χ1n) is 7.15. The number of allylic oxidation sites excluding steroid dienone is 8. The maximum absolute atomic E-state index is 2.57. The van der Waals surface area contributed by atoms with Crippen molar-refractivity contribution < 1.29 is 25.8 Å². The molecule has 0 nitrogen and oxygen atoms in total. The van der Waals surface area contributed by atoms with E-state index in [1.165, 1.54) is 0 Å². The Hall–Kier alpha value is 0.264. The van der Waals surface area contributed by atoms with E-state index in [1.54, 1.807) is 0 Å². The van der Waals surface area contributed by atoms with Crippen LogP contribution in [-0.2, 0) is 22.9 Å². The first kappa shape index (κ1) is 15.6. The smallest absolute Gasteiger partial charge is 1.00 e. The van der Waals surface area contributed by atoms with E-state index in [-0.39, 0.29) is 2.85 Å². The van der Waals surface area contributed by atoms with Crippen LogP contribution in [0.3, 0.4) is 0 Å². The molecular formula is C16H28HfSi2. The first-order chi connectivity index (χ1) is 8.62. The summed E-state index contributed by atoms with van der Waals surface area (Å²) in [6.07, 6.45) is 19.5. The molecule has 0 bridgehead atoms. The molecule has 2 rings (SSSR count). The summed E-state index contributed by atoms with van der Waals surface area (Å²) in [5, 5.41) is 0. The van der Waals surface area contributed by atoms with E-state index in [9.17, 15) is 0 Å². The quantitative estimate of drug-likeness (QED) is 0.484. The van der Waals surface area contributed by atoms with Crippen molar-refractivity contribution in [1.82, 2.24) is 0 Å². The van der Waals surface area contributed by atoms with Crippen LogP contribution < -0.4 is 0 Å². The van der Waals surface area contributed by atoms with Crippen molar-refractivity contribution in [3.63, 3.8) is 0 Å². The van der Waals surface area contributed by atoms with Gasteiger partial charge in [-0.15, -0.1) is 0 Å². The average Bonchev–Trinajstić information content (AvgIpc) is 2.86. The van der Waals surface area contributed by atoms with E-state index in [2.05, 4.69) is 87.9 Å². The van der Waals surface area contributed by atoms with Gasteiger partial charge in [0.15, 0.2) is 0 Å². The summed E-state index contributed by atoms with van der Waals surface area (Å²) in [7, 11) is -2.40. The van der Waals surface area contributed by atoms with Gasteiger partial charge in [-0.05, 0) is 0 Å². The van der Waals surface area contributed by atoms with Crippen LogP contribution in [0.25, 0.3) is 0 Å². The third-order valence-electron chi connectivity index (χ3n) is 4.55. The molecule has 3 heteroatoms. The second-order valence-corrected chi connectivity index (χ2v) is 28.9. The van der Waals surface area contributed by atoms with E-state index in [4.69, 9.17) is 0 Å². The van der Waals surface area contributed by atoms with Gasteiger partial charge in [0.2, 0.25) is 0 Å². The zero-order valence-corrected chi connectivity index (χ0v) is 18.7. The molecule has 0 saturated carbocycles. The Balaban J connectivity index is 0.00000200. The van der Waals surface area contributed by atoms with Gasteiger partial charge in [-0.2, -0.15) is 0 Å². The van der Waals surface area contributed by atoms with E-state index >= 15 is 0 Å². The zero-order chi connectivity index (χ0) is 14.4. The molecule has 0 aromatic carbocycles. The fourth-order valence-corrected chi connectivity index (χ4v) is 23.5. The molecule has 2 aliphatic carbocycles. The van der Waals surface area contributed by atoms with Crippen molar-refractivity contribution >= 4 is 16.1 Å². The molecule has 0 unspecified atom stereocenters. The van der Waals surface area contributed by atoms with Crippen LogP contribution in [-0.4, -0.2) is 16.1 Å². The van der Waals surface area contributed by atoms with Gasteiger partial charge in [-0.25, -0.2) is 0 Å². The van der Waals surface area contributed by atoms with E-state index in [0.29, 0.717) is 5.59 Å². The molecule has 19 heavy (non-hydrogen) atoms.